The summed E-state index contributed by atoms with van der Waals surface area (Å²) in [6, 6.07) is 15.5. The van der Waals surface area contributed by atoms with Gasteiger partial charge in [0.1, 0.15) is 5.75 Å². The number of carbonyl (C=O) groups excluding carboxylic acids is 1. The molecular weight excluding hydrogens is 360 g/mol. The van der Waals surface area contributed by atoms with Gasteiger partial charge in [-0.05, 0) is 55.8 Å². The zero-order chi connectivity index (χ0) is 19.2. The van der Waals surface area contributed by atoms with E-state index in [1.165, 1.54) is 11.8 Å². The number of hydrazone groups is 1. The first kappa shape index (κ1) is 19.0. The normalized spacial score (nSPS) is 11.6. The van der Waals surface area contributed by atoms with Gasteiger partial charge in [0.05, 0.1) is 29.6 Å². The molecule has 0 fully saturated rings. The number of hydrogen-bond acceptors (Lipinski definition) is 5. The third-order valence-electron chi connectivity index (χ3n) is 4.12. The van der Waals surface area contributed by atoms with E-state index in [-0.39, 0.29) is 11.7 Å². The van der Waals surface area contributed by atoms with Crippen molar-refractivity contribution in [2.45, 2.75) is 25.5 Å². The summed E-state index contributed by atoms with van der Waals surface area (Å²) in [5.74, 6) is 0.872. The highest BCUT2D eigenvalue weighted by molar-refractivity contribution is 7.99. The topological polar surface area (TPSA) is 68.5 Å². The van der Waals surface area contributed by atoms with E-state index in [4.69, 9.17) is 4.74 Å². The summed E-state index contributed by atoms with van der Waals surface area (Å²) in [5, 5.41) is 5.02. The lowest BCUT2D eigenvalue weighted by atomic mass is 10.1. The van der Waals surface area contributed by atoms with Crippen molar-refractivity contribution in [2.24, 2.45) is 5.10 Å². The first-order valence-corrected chi connectivity index (χ1v) is 9.66. The molecule has 1 heterocycles. The van der Waals surface area contributed by atoms with Crippen LogP contribution in [0.3, 0.4) is 0 Å². The number of fused-ring (bicyclic) bond motifs is 1. The molecule has 0 aliphatic carbocycles. The van der Waals surface area contributed by atoms with Gasteiger partial charge in [0, 0.05) is 6.54 Å². The minimum atomic E-state index is -0.164. The van der Waals surface area contributed by atoms with Gasteiger partial charge in [0.15, 0.2) is 5.16 Å². The number of para-hydroxylation sites is 2. The number of aryl methyl sites for hydroxylation is 1. The highest BCUT2D eigenvalue weighted by atomic mass is 32.2. The number of thioether (sulfide) groups is 1. The van der Waals surface area contributed by atoms with Crippen LogP contribution in [0, 0.1) is 0 Å². The maximum atomic E-state index is 12.2. The molecule has 1 amide bonds. The number of hydrogen-bond donors (Lipinski definition) is 1. The van der Waals surface area contributed by atoms with E-state index in [9.17, 15) is 4.79 Å². The molecule has 0 aliphatic rings. The number of nitrogens with zero attached hydrogens (tertiary/aromatic N) is 3. The monoisotopic (exact) mass is 382 g/mol. The Kier molecular flexibility index (Phi) is 6.13. The molecule has 0 saturated heterocycles. The Bertz CT molecular complexity index is 964. The second-order valence-electron chi connectivity index (χ2n) is 5.88. The van der Waals surface area contributed by atoms with Crippen molar-refractivity contribution in [3.8, 4) is 5.75 Å². The standard InChI is InChI=1S/C20H22N4O2S/c1-4-24-18-8-6-5-7-17(18)21-20(24)27-13-19(25)23-22-14(2)15-9-11-16(26-3)12-10-15/h5-12H,4,13H2,1-3H3,(H,23,25)/b22-14-. The molecule has 3 aromatic rings. The highest BCUT2D eigenvalue weighted by Gasteiger charge is 2.11. The predicted octanol–water partition coefficient (Wildman–Crippen LogP) is 3.70. The third-order valence-corrected chi connectivity index (χ3v) is 5.10. The minimum Gasteiger partial charge on any atom is -0.497 e. The molecule has 2 aromatic carbocycles. The third kappa shape index (κ3) is 4.49. The molecule has 27 heavy (non-hydrogen) atoms. The predicted molar refractivity (Wildman–Crippen MR) is 109 cm³/mol. The van der Waals surface area contributed by atoms with Gasteiger partial charge in [0.25, 0.3) is 5.91 Å². The second kappa shape index (κ2) is 8.73. The summed E-state index contributed by atoms with van der Waals surface area (Å²) >= 11 is 1.41. The van der Waals surface area contributed by atoms with Crippen LogP contribution in [0.4, 0.5) is 0 Å². The number of amides is 1. The second-order valence-corrected chi connectivity index (χ2v) is 6.82. The fourth-order valence-corrected chi connectivity index (χ4v) is 3.55. The number of benzene rings is 2. The lowest BCUT2D eigenvalue weighted by Crippen LogP contribution is -2.21. The fourth-order valence-electron chi connectivity index (χ4n) is 2.67. The number of nitrogens with one attached hydrogen (secondary N) is 1. The first-order valence-electron chi connectivity index (χ1n) is 8.68. The summed E-state index contributed by atoms with van der Waals surface area (Å²) in [6.45, 7) is 4.73. The highest BCUT2D eigenvalue weighted by Crippen LogP contribution is 2.23. The maximum absolute atomic E-state index is 12.2. The molecule has 140 valence electrons. The van der Waals surface area contributed by atoms with Crippen molar-refractivity contribution in [3.05, 3.63) is 54.1 Å². The van der Waals surface area contributed by atoms with E-state index in [1.54, 1.807) is 7.11 Å². The fraction of sp³-hybridized carbons (Fsp3) is 0.250. The Morgan fingerprint density at radius 3 is 2.67 bits per heavy atom. The molecule has 0 unspecified atom stereocenters. The molecule has 6 nitrogen and oxygen atoms in total. The lowest BCUT2D eigenvalue weighted by molar-refractivity contribution is -0.118. The van der Waals surface area contributed by atoms with Crippen molar-refractivity contribution in [1.29, 1.82) is 0 Å². The van der Waals surface area contributed by atoms with E-state index in [2.05, 4.69) is 27.0 Å². The summed E-state index contributed by atoms with van der Waals surface area (Å²) in [4.78, 5) is 16.8. The quantitative estimate of drug-likeness (QED) is 0.384. The molecule has 7 heteroatoms. The van der Waals surface area contributed by atoms with Gasteiger partial charge in [-0.2, -0.15) is 5.10 Å². The van der Waals surface area contributed by atoms with Gasteiger partial charge in [-0.1, -0.05) is 23.9 Å². The molecule has 0 aliphatic heterocycles. The van der Waals surface area contributed by atoms with E-state index in [1.807, 2.05) is 55.5 Å². The van der Waals surface area contributed by atoms with E-state index < -0.39 is 0 Å². The maximum Gasteiger partial charge on any atom is 0.250 e. The van der Waals surface area contributed by atoms with E-state index in [0.29, 0.717) is 0 Å². The van der Waals surface area contributed by atoms with Crippen LogP contribution in [0.1, 0.15) is 19.4 Å². The zero-order valence-corrected chi connectivity index (χ0v) is 16.4. The molecule has 0 radical (unpaired) electrons. The summed E-state index contributed by atoms with van der Waals surface area (Å²) < 4.78 is 7.25. The molecule has 1 aromatic heterocycles. The number of rotatable bonds is 7. The Morgan fingerprint density at radius 2 is 1.96 bits per heavy atom. The Labute approximate surface area is 162 Å². The van der Waals surface area contributed by atoms with Crippen LogP contribution in [0.15, 0.2) is 58.8 Å². The number of methoxy groups -OCH3 is 1. The van der Waals surface area contributed by atoms with Crippen LogP contribution in [-0.2, 0) is 11.3 Å². The number of ether oxygens (including phenoxy) is 1. The lowest BCUT2D eigenvalue weighted by Gasteiger charge is -2.06. The number of carbonyl (C=O) groups is 1. The minimum absolute atomic E-state index is 0.164. The van der Waals surface area contributed by atoms with E-state index in [0.717, 1.165) is 39.8 Å². The van der Waals surface area contributed by atoms with Crippen LogP contribution < -0.4 is 10.2 Å². The van der Waals surface area contributed by atoms with E-state index >= 15 is 0 Å². The van der Waals surface area contributed by atoms with Crippen LogP contribution in [0.2, 0.25) is 0 Å². The molecule has 0 spiro atoms. The molecule has 1 N–H and O–H groups in total. The first-order chi connectivity index (χ1) is 13.1. The summed E-state index contributed by atoms with van der Waals surface area (Å²) in [6.07, 6.45) is 0. The Hall–Kier alpha value is -2.80. The molecule has 0 saturated carbocycles. The Morgan fingerprint density at radius 1 is 1.22 bits per heavy atom. The van der Waals surface area contributed by atoms with Gasteiger partial charge in [-0.3, -0.25) is 4.79 Å². The van der Waals surface area contributed by atoms with Crippen LogP contribution in [0.25, 0.3) is 11.0 Å². The van der Waals surface area contributed by atoms with Crippen molar-refractivity contribution in [2.75, 3.05) is 12.9 Å². The van der Waals surface area contributed by atoms with Crippen LogP contribution >= 0.6 is 11.8 Å². The molecular formula is C20H22N4O2S. The largest absolute Gasteiger partial charge is 0.497 e. The summed E-state index contributed by atoms with van der Waals surface area (Å²) in [5.41, 5.74) is 6.29. The molecule has 3 rings (SSSR count). The number of imidazole rings is 1. The van der Waals surface area contributed by atoms with Crippen molar-refractivity contribution in [3.63, 3.8) is 0 Å². The average Bonchev–Trinajstić information content (AvgIpc) is 3.08. The van der Waals surface area contributed by atoms with Crippen molar-refractivity contribution >= 4 is 34.4 Å². The molecule has 0 bridgehead atoms. The van der Waals surface area contributed by atoms with Crippen molar-refractivity contribution in [1.82, 2.24) is 15.0 Å². The van der Waals surface area contributed by atoms with Gasteiger partial charge < -0.3 is 9.30 Å². The van der Waals surface area contributed by atoms with Gasteiger partial charge in [0.2, 0.25) is 0 Å². The number of aromatic nitrogens is 2. The Balaban J connectivity index is 1.61. The smallest absolute Gasteiger partial charge is 0.250 e. The van der Waals surface area contributed by atoms with Gasteiger partial charge in [-0.25, -0.2) is 10.4 Å². The average molecular weight is 382 g/mol. The zero-order valence-electron chi connectivity index (χ0n) is 15.6. The van der Waals surface area contributed by atoms with Crippen molar-refractivity contribution < 1.29 is 9.53 Å². The van der Waals surface area contributed by atoms with Gasteiger partial charge in [-0.15, -0.1) is 0 Å². The summed E-state index contributed by atoms with van der Waals surface area (Å²) in [7, 11) is 1.63. The van der Waals surface area contributed by atoms with Gasteiger partial charge >= 0.3 is 0 Å². The van der Waals surface area contributed by atoms with Crippen LogP contribution in [-0.4, -0.2) is 34.0 Å². The molecule has 0 atom stereocenters. The SMILES string of the molecule is CCn1c(SCC(=O)N/N=C(/C)c2ccc(OC)cc2)nc2ccccc21. The van der Waals surface area contributed by atoms with Crippen LogP contribution in [0.5, 0.6) is 5.75 Å².